The molecule has 1 aromatic rings. The highest BCUT2D eigenvalue weighted by atomic mass is 35.5. The van der Waals surface area contributed by atoms with Crippen LogP contribution in [0.25, 0.3) is 0 Å². The predicted molar refractivity (Wildman–Crippen MR) is 87.9 cm³/mol. The van der Waals surface area contributed by atoms with Gasteiger partial charge in [0.05, 0.1) is 17.6 Å². The molecule has 2 rings (SSSR count). The number of halogens is 1. The first-order valence-electron chi connectivity index (χ1n) is 7.48. The van der Waals surface area contributed by atoms with Crippen LogP contribution in [0.5, 0.6) is 0 Å². The monoisotopic (exact) mass is 360 g/mol. The molecule has 0 heterocycles. The summed E-state index contributed by atoms with van der Waals surface area (Å²) in [5.74, 6) is -0.515. The first-order valence-corrected chi connectivity index (χ1v) is 9.35. The third kappa shape index (κ3) is 4.44. The van der Waals surface area contributed by atoms with Crippen LogP contribution in [-0.4, -0.2) is 34.1 Å². The van der Waals surface area contributed by atoms with E-state index < -0.39 is 16.0 Å². The van der Waals surface area contributed by atoms with Gasteiger partial charge in [0.1, 0.15) is 0 Å². The number of ether oxygens (including phenoxy) is 1. The second kappa shape index (κ2) is 7.61. The van der Waals surface area contributed by atoms with Crippen molar-refractivity contribution in [1.29, 1.82) is 0 Å². The molecule has 128 valence electrons. The average molecular weight is 361 g/mol. The maximum absolute atomic E-state index is 12.6. The van der Waals surface area contributed by atoms with Crippen molar-refractivity contribution in [3.05, 3.63) is 28.8 Å². The lowest BCUT2D eigenvalue weighted by molar-refractivity contribution is 0.0600. The fourth-order valence-electron chi connectivity index (χ4n) is 2.87. The molecular weight excluding hydrogens is 340 g/mol. The normalized spacial score (nSPS) is 21.9. The molecule has 2 unspecified atom stereocenters. The van der Waals surface area contributed by atoms with Gasteiger partial charge in [-0.1, -0.05) is 24.4 Å². The van der Waals surface area contributed by atoms with E-state index in [0.717, 1.165) is 25.7 Å². The van der Waals surface area contributed by atoms with Crippen LogP contribution in [0.15, 0.2) is 23.1 Å². The Bertz CT molecular complexity index is 678. The quantitative estimate of drug-likeness (QED) is 0.781. The molecule has 0 spiro atoms. The largest absolute Gasteiger partial charge is 0.465 e. The summed E-state index contributed by atoms with van der Waals surface area (Å²) in [6.07, 6.45) is 3.69. The van der Waals surface area contributed by atoms with Crippen LogP contribution in [0, 0.1) is 5.92 Å². The lowest BCUT2D eigenvalue weighted by Crippen LogP contribution is -2.44. The Morgan fingerprint density at radius 3 is 2.70 bits per heavy atom. The SMILES string of the molecule is COC(=O)c1cc(Cl)cc(S(=O)(=O)NC2CCCCC2CN)c1. The molecule has 2 atom stereocenters. The minimum atomic E-state index is -3.79. The molecular formula is C15H21ClN2O4S. The van der Waals surface area contributed by atoms with Gasteiger partial charge in [0, 0.05) is 11.1 Å². The number of rotatable bonds is 5. The number of nitrogens with two attached hydrogens (primary N) is 1. The molecule has 0 aromatic heterocycles. The van der Waals surface area contributed by atoms with E-state index in [2.05, 4.69) is 9.46 Å². The van der Waals surface area contributed by atoms with Gasteiger partial charge in [-0.15, -0.1) is 0 Å². The molecule has 1 fully saturated rings. The maximum Gasteiger partial charge on any atom is 0.337 e. The summed E-state index contributed by atoms with van der Waals surface area (Å²) in [6.45, 7) is 0.441. The zero-order chi connectivity index (χ0) is 17.0. The minimum Gasteiger partial charge on any atom is -0.465 e. The molecule has 1 aliphatic carbocycles. The second-order valence-electron chi connectivity index (χ2n) is 5.68. The third-order valence-electron chi connectivity index (χ3n) is 4.12. The maximum atomic E-state index is 12.6. The van der Waals surface area contributed by atoms with Crippen molar-refractivity contribution in [2.24, 2.45) is 11.7 Å². The Morgan fingerprint density at radius 2 is 2.04 bits per heavy atom. The van der Waals surface area contributed by atoms with Crippen molar-refractivity contribution in [2.45, 2.75) is 36.6 Å². The summed E-state index contributed by atoms with van der Waals surface area (Å²) >= 11 is 5.94. The smallest absolute Gasteiger partial charge is 0.337 e. The van der Waals surface area contributed by atoms with E-state index in [1.165, 1.54) is 25.3 Å². The van der Waals surface area contributed by atoms with Crippen molar-refractivity contribution in [2.75, 3.05) is 13.7 Å². The van der Waals surface area contributed by atoms with Crippen LogP contribution in [0.2, 0.25) is 5.02 Å². The average Bonchev–Trinajstić information content (AvgIpc) is 2.53. The van der Waals surface area contributed by atoms with Crippen LogP contribution >= 0.6 is 11.6 Å². The van der Waals surface area contributed by atoms with Crippen LogP contribution in [0.1, 0.15) is 36.0 Å². The molecule has 0 bridgehead atoms. The van der Waals surface area contributed by atoms with Gasteiger partial charge in [0.2, 0.25) is 10.0 Å². The molecule has 0 amide bonds. The number of carbonyl (C=O) groups excluding carboxylic acids is 1. The van der Waals surface area contributed by atoms with Gasteiger partial charge in [0.25, 0.3) is 0 Å². The third-order valence-corrected chi connectivity index (χ3v) is 5.81. The van der Waals surface area contributed by atoms with Crippen molar-refractivity contribution in [1.82, 2.24) is 4.72 Å². The first-order chi connectivity index (χ1) is 10.9. The Morgan fingerprint density at radius 1 is 1.35 bits per heavy atom. The number of carbonyl (C=O) groups is 1. The van der Waals surface area contributed by atoms with Crippen molar-refractivity contribution < 1.29 is 17.9 Å². The highest BCUT2D eigenvalue weighted by Gasteiger charge is 2.29. The first kappa shape index (κ1) is 18.2. The van der Waals surface area contributed by atoms with Gasteiger partial charge in [-0.2, -0.15) is 0 Å². The Kier molecular flexibility index (Phi) is 6.02. The van der Waals surface area contributed by atoms with E-state index in [-0.39, 0.29) is 27.4 Å². The van der Waals surface area contributed by atoms with Crippen molar-refractivity contribution >= 4 is 27.6 Å². The highest BCUT2D eigenvalue weighted by Crippen LogP contribution is 2.26. The summed E-state index contributed by atoms with van der Waals surface area (Å²) < 4.78 is 32.5. The number of nitrogens with one attached hydrogen (secondary N) is 1. The molecule has 0 saturated heterocycles. The fraction of sp³-hybridized carbons (Fsp3) is 0.533. The highest BCUT2D eigenvalue weighted by molar-refractivity contribution is 7.89. The fourth-order valence-corrected chi connectivity index (χ4v) is 4.57. The van der Waals surface area contributed by atoms with E-state index in [9.17, 15) is 13.2 Å². The number of esters is 1. The number of sulfonamides is 1. The van der Waals surface area contributed by atoms with Crippen LogP contribution < -0.4 is 10.5 Å². The predicted octanol–water partition coefficient (Wildman–Crippen LogP) is 1.92. The molecule has 1 aromatic carbocycles. The van der Waals surface area contributed by atoms with Gasteiger partial charge >= 0.3 is 5.97 Å². The van der Waals surface area contributed by atoms with Gasteiger partial charge in [-0.3, -0.25) is 0 Å². The Labute approximate surface area is 141 Å². The van der Waals surface area contributed by atoms with Crippen molar-refractivity contribution in [3.63, 3.8) is 0 Å². The number of methoxy groups -OCH3 is 1. The summed E-state index contributed by atoms with van der Waals surface area (Å²) in [5.41, 5.74) is 5.84. The van der Waals surface area contributed by atoms with Crippen LogP contribution in [0.4, 0.5) is 0 Å². The zero-order valence-corrected chi connectivity index (χ0v) is 14.5. The molecule has 8 heteroatoms. The van der Waals surface area contributed by atoms with Gasteiger partial charge in [-0.05, 0) is 43.5 Å². The summed E-state index contributed by atoms with van der Waals surface area (Å²) in [4.78, 5) is 11.6. The standard InChI is InChI=1S/C15H21ClN2O4S/c1-22-15(19)11-6-12(16)8-13(7-11)23(20,21)18-14-5-3-2-4-10(14)9-17/h6-8,10,14,18H,2-5,9,17H2,1H3. The molecule has 1 saturated carbocycles. The van der Waals surface area contributed by atoms with Gasteiger partial charge in [0.15, 0.2) is 0 Å². The van der Waals surface area contributed by atoms with E-state index in [0.29, 0.717) is 6.54 Å². The summed E-state index contributed by atoms with van der Waals surface area (Å²) in [6, 6.07) is 3.76. The van der Waals surface area contributed by atoms with Crippen LogP contribution in [0.3, 0.4) is 0 Å². The molecule has 6 nitrogen and oxygen atoms in total. The van der Waals surface area contributed by atoms with Gasteiger partial charge in [-0.25, -0.2) is 17.9 Å². The summed E-state index contributed by atoms with van der Waals surface area (Å²) in [7, 11) is -2.56. The lowest BCUT2D eigenvalue weighted by atomic mass is 9.85. The molecule has 0 radical (unpaired) electrons. The van der Waals surface area contributed by atoms with E-state index in [1.807, 2.05) is 0 Å². The molecule has 3 N–H and O–H groups in total. The van der Waals surface area contributed by atoms with Crippen LogP contribution in [-0.2, 0) is 14.8 Å². The van der Waals surface area contributed by atoms with E-state index in [4.69, 9.17) is 17.3 Å². The lowest BCUT2D eigenvalue weighted by Gasteiger charge is -2.31. The Hall–Kier alpha value is -1.15. The summed E-state index contributed by atoms with van der Waals surface area (Å²) in [5, 5.41) is 0.160. The van der Waals surface area contributed by atoms with E-state index in [1.54, 1.807) is 0 Å². The minimum absolute atomic E-state index is 0.0493. The van der Waals surface area contributed by atoms with Gasteiger partial charge < -0.3 is 10.5 Å². The molecule has 0 aliphatic heterocycles. The second-order valence-corrected chi connectivity index (χ2v) is 7.83. The number of hydrogen-bond acceptors (Lipinski definition) is 5. The van der Waals surface area contributed by atoms with Crippen molar-refractivity contribution in [3.8, 4) is 0 Å². The number of benzene rings is 1. The van der Waals surface area contributed by atoms with E-state index >= 15 is 0 Å². The number of hydrogen-bond donors (Lipinski definition) is 2. The molecule has 1 aliphatic rings. The topological polar surface area (TPSA) is 98.5 Å². The molecule has 23 heavy (non-hydrogen) atoms. The zero-order valence-electron chi connectivity index (χ0n) is 12.9. The Balaban J connectivity index is 2.28.